The number of carboxylic acids is 1. The van der Waals surface area contributed by atoms with E-state index in [0.717, 1.165) is 11.4 Å². The Morgan fingerprint density at radius 1 is 1.50 bits per heavy atom. The van der Waals surface area contributed by atoms with Gasteiger partial charge in [-0.15, -0.1) is 0 Å². The zero-order chi connectivity index (χ0) is 13.7. The highest BCUT2D eigenvalue weighted by Gasteiger charge is 2.15. The van der Waals surface area contributed by atoms with E-state index in [9.17, 15) is 9.59 Å². The van der Waals surface area contributed by atoms with Gasteiger partial charge in [0.25, 0.3) is 0 Å². The minimum absolute atomic E-state index is 0.0831. The minimum atomic E-state index is -0.990. The SMILES string of the molecule is CCn1nc(C)cc1CN(CC(N)=O)CC(=O)O. The Morgan fingerprint density at radius 3 is 2.67 bits per heavy atom. The molecule has 0 fully saturated rings. The van der Waals surface area contributed by atoms with E-state index in [1.165, 1.54) is 4.90 Å². The first-order valence-electron chi connectivity index (χ1n) is 5.68. The molecule has 7 nitrogen and oxygen atoms in total. The van der Waals surface area contributed by atoms with Crippen LogP contribution in [0, 0.1) is 6.92 Å². The number of carbonyl (C=O) groups excluding carboxylic acids is 1. The van der Waals surface area contributed by atoms with Crippen LogP contribution in [0.1, 0.15) is 18.3 Å². The molecule has 0 radical (unpaired) electrons. The topological polar surface area (TPSA) is 101 Å². The van der Waals surface area contributed by atoms with Crippen molar-refractivity contribution in [2.75, 3.05) is 13.1 Å². The summed E-state index contributed by atoms with van der Waals surface area (Å²) in [5.74, 6) is -1.54. The van der Waals surface area contributed by atoms with E-state index < -0.39 is 11.9 Å². The number of carboxylic acid groups (broad SMARTS) is 1. The highest BCUT2D eigenvalue weighted by Crippen LogP contribution is 2.07. The maximum absolute atomic E-state index is 10.9. The van der Waals surface area contributed by atoms with Gasteiger partial charge in [0, 0.05) is 13.1 Å². The molecule has 1 aromatic heterocycles. The van der Waals surface area contributed by atoms with Crippen molar-refractivity contribution in [3.63, 3.8) is 0 Å². The van der Waals surface area contributed by atoms with Crippen molar-refractivity contribution >= 4 is 11.9 Å². The average molecular weight is 254 g/mol. The molecule has 0 spiro atoms. The summed E-state index contributed by atoms with van der Waals surface area (Å²) < 4.78 is 1.78. The van der Waals surface area contributed by atoms with E-state index in [1.54, 1.807) is 4.68 Å². The molecule has 0 unspecified atom stereocenters. The van der Waals surface area contributed by atoms with Crippen LogP contribution >= 0.6 is 0 Å². The highest BCUT2D eigenvalue weighted by molar-refractivity contribution is 5.77. The third-order valence-corrected chi connectivity index (χ3v) is 2.41. The number of carbonyl (C=O) groups is 2. The van der Waals surface area contributed by atoms with E-state index in [4.69, 9.17) is 10.8 Å². The molecule has 0 saturated heterocycles. The molecule has 1 aromatic rings. The summed E-state index contributed by atoms with van der Waals surface area (Å²) in [4.78, 5) is 23.1. The van der Waals surface area contributed by atoms with E-state index in [2.05, 4.69) is 5.10 Å². The molecule has 0 bridgehead atoms. The van der Waals surface area contributed by atoms with E-state index >= 15 is 0 Å². The Bertz CT molecular complexity index is 425. The molecule has 0 aromatic carbocycles. The number of primary amides is 1. The summed E-state index contributed by atoms with van der Waals surface area (Å²) in [5.41, 5.74) is 6.84. The number of nitrogens with zero attached hydrogens (tertiary/aromatic N) is 3. The fourth-order valence-corrected chi connectivity index (χ4v) is 1.81. The Hall–Kier alpha value is -1.89. The number of aliphatic carboxylic acids is 1. The van der Waals surface area contributed by atoms with Crippen LogP contribution in [0.15, 0.2) is 6.07 Å². The number of hydrogen-bond donors (Lipinski definition) is 2. The number of aromatic nitrogens is 2. The lowest BCUT2D eigenvalue weighted by Crippen LogP contribution is -2.37. The van der Waals surface area contributed by atoms with Crippen LogP contribution in [0.3, 0.4) is 0 Å². The van der Waals surface area contributed by atoms with Crippen molar-refractivity contribution in [1.29, 1.82) is 0 Å². The molecule has 0 aliphatic heterocycles. The molecule has 0 aliphatic carbocycles. The lowest BCUT2D eigenvalue weighted by molar-refractivity contribution is -0.138. The lowest BCUT2D eigenvalue weighted by atomic mass is 10.3. The molecule has 18 heavy (non-hydrogen) atoms. The van der Waals surface area contributed by atoms with Gasteiger partial charge in [-0.3, -0.25) is 19.2 Å². The van der Waals surface area contributed by atoms with Crippen molar-refractivity contribution in [2.24, 2.45) is 5.73 Å². The van der Waals surface area contributed by atoms with Crippen molar-refractivity contribution in [3.8, 4) is 0 Å². The number of aryl methyl sites for hydroxylation is 2. The smallest absolute Gasteiger partial charge is 0.317 e. The zero-order valence-electron chi connectivity index (χ0n) is 10.6. The predicted molar refractivity (Wildman–Crippen MR) is 64.7 cm³/mol. The highest BCUT2D eigenvalue weighted by atomic mass is 16.4. The first-order valence-corrected chi connectivity index (χ1v) is 5.68. The van der Waals surface area contributed by atoms with Gasteiger partial charge < -0.3 is 10.8 Å². The third-order valence-electron chi connectivity index (χ3n) is 2.41. The van der Waals surface area contributed by atoms with Gasteiger partial charge in [-0.05, 0) is 19.9 Å². The maximum Gasteiger partial charge on any atom is 0.317 e. The van der Waals surface area contributed by atoms with Gasteiger partial charge in [0.1, 0.15) is 0 Å². The number of nitrogens with two attached hydrogens (primary N) is 1. The zero-order valence-corrected chi connectivity index (χ0v) is 10.6. The van der Waals surface area contributed by atoms with Crippen LogP contribution in [0.5, 0.6) is 0 Å². The number of rotatable bonds is 7. The molecule has 0 aliphatic rings. The monoisotopic (exact) mass is 254 g/mol. The summed E-state index contributed by atoms with van der Waals surface area (Å²) in [5, 5.41) is 13.1. The predicted octanol–water partition coefficient (Wildman–Crippen LogP) is -0.417. The molecule has 1 amide bonds. The van der Waals surface area contributed by atoms with Crippen LogP contribution in [-0.4, -0.2) is 44.8 Å². The van der Waals surface area contributed by atoms with Crippen LogP contribution in [0.4, 0.5) is 0 Å². The third kappa shape index (κ3) is 4.17. The van der Waals surface area contributed by atoms with Gasteiger partial charge in [0.2, 0.25) is 5.91 Å². The van der Waals surface area contributed by atoms with Gasteiger partial charge >= 0.3 is 5.97 Å². The Balaban J connectivity index is 2.80. The van der Waals surface area contributed by atoms with Gasteiger partial charge in [0.05, 0.1) is 24.5 Å². The summed E-state index contributed by atoms with van der Waals surface area (Å²) in [7, 11) is 0. The Morgan fingerprint density at radius 2 is 2.17 bits per heavy atom. The minimum Gasteiger partial charge on any atom is -0.480 e. The van der Waals surface area contributed by atoms with Gasteiger partial charge in [0.15, 0.2) is 0 Å². The summed E-state index contributed by atoms with van der Waals surface area (Å²) in [6, 6.07) is 1.87. The largest absolute Gasteiger partial charge is 0.480 e. The van der Waals surface area contributed by atoms with Crippen LogP contribution in [-0.2, 0) is 22.7 Å². The van der Waals surface area contributed by atoms with Crippen molar-refractivity contribution in [3.05, 3.63) is 17.5 Å². The number of amides is 1. The second-order valence-electron chi connectivity index (χ2n) is 4.10. The Labute approximate surface area is 105 Å². The van der Waals surface area contributed by atoms with Gasteiger partial charge in [-0.1, -0.05) is 0 Å². The van der Waals surface area contributed by atoms with Crippen LogP contribution in [0.25, 0.3) is 0 Å². The molecular weight excluding hydrogens is 236 g/mol. The normalized spacial score (nSPS) is 10.8. The average Bonchev–Trinajstić information content (AvgIpc) is 2.56. The molecule has 100 valence electrons. The maximum atomic E-state index is 10.9. The molecule has 1 rings (SSSR count). The van der Waals surface area contributed by atoms with Crippen molar-refractivity contribution in [1.82, 2.24) is 14.7 Å². The molecule has 0 saturated carbocycles. The fourth-order valence-electron chi connectivity index (χ4n) is 1.81. The molecular formula is C11H18N4O3. The molecule has 1 heterocycles. The van der Waals surface area contributed by atoms with E-state index in [1.807, 2.05) is 19.9 Å². The Kier molecular flexibility index (Phi) is 4.85. The van der Waals surface area contributed by atoms with E-state index in [-0.39, 0.29) is 13.1 Å². The van der Waals surface area contributed by atoms with Crippen molar-refractivity contribution in [2.45, 2.75) is 26.9 Å². The van der Waals surface area contributed by atoms with E-state index in [0.29, 0.717) is 13.1 Å². The first-order chi connectivity index (χ1) is 8.42. The summed E-state index contributed by atoms with van der Waals surface area (Å²) >= 11 is 0. The van der Waals surface area contributed by atoms with Crippen LogP contribution < -0.4 is 5.73 Å². The molecule has 7 heteroatoms. The van der Waals surface area contributed by atoms with Gasteiger partial charge in [-0.25, -0.2) is 0 Å². The van der Waals surface area contributed by atoms with Crippen LogP contribution in [0.2, 0.25) is 0 Å². The van der Waals surface area contributed by atoms with Crippen molar-refractivity contribution < 1.29 is 14.7 Å². The quantitative estimate of drug-likeness (QED) is 0.688. The van der Waals surface area contributed by atoms with Gasteiger partial charge in [-0.2, -0.15) is 5.10 Å². The molecule has 0 atom stereocenters. The fraction of sp³-hybridized carbons (Fsp3) is 0.545. The first kappa shape index (κ1) is 14.2. The summed E-state index contributed by atoms with van der Waals surface area (Å²) in [6.45, 7) is 4.54. The summed E-state index contributed by atoms with van der Waals surface area (Å²) in [6.07, 6.45) is 0. The second-order valence-corrected chi connectivity index (χ2v) is 4.10. The standard InChI is InChI=1S/C11H18N4O3/c1-3-15-9(4-8(2)13-15)5-14(6-10(12)16)7-11(17)18/h4H,3,5-7H2,1-2H3,(H2,12,16)(H,17,18). The lowest BCUT2D eigenvalue weighted by Gasteiger charge is -2.18. The number of hydrogen-bond acceptors (Lipinski definition) is 4. The second kappa shape index (κ2) is 6.15. The molecule has 3 N–H and O–H groups in total.